The topological polar surface area (TPSA) is 50.3 Å². The van der Waals surface area contributed by atoms with Crippen LogP contribution in [0.2, 0.25) is 0 Å². The molecule has 1 aromatic heterocycles. The van der Waals surface area contributed by atoms with Gasteiger partial charge in [0.05, 0.1) is 6.04 Å². The molecule has 4 nitrogen and oxygen atoms in total. The van der Waals surface area contributed by atoms with Crippen LogP contribution in [0, 0.1) is 13.8 Å². The van der Waals surface area contributed by atoms with E-state index in [1.54, 1.807) is 11.1 Å². The van der Waals surface area contributed by atoms with Gasteiger partial charge < -0.3 is 4.90 Å². The fraction of sp³-hybridized carbons (Fsp3) is 0.409. The maximum Gasteiger partial charge on any atom is 0.223 e. The van der Waals surface area contributed by atoms with E-state index in [0.29, 0.717) is 18.5 Å². The smallest absolute Gasteiger partial charge is 0.223 e. The molecule has 0 N–H and O–H groups in total. The van der Waals surface area contributed by atoms with Crippen LogP contribution in [0.4, 0.5) is 0 Å². The molecule has 3 rings (SSSR count). The van der Waals surface area contributed by atoms with Gasteiger partial charge in [-0.25, -0.2) is 0 Å². The van der Waals surface area contributed by atoms with Crippen LogP contribution in [0.3, 0.4) is 0 Å². The molecule has 0 bridgehead atoms. The lowest BCUT2D eigenvalue weighted by Crippen LogP contribution is -2.40. The number of benzene rings is 1. The largest absolute Gasteiger partial charge is 0.332 e. The standard InChI is InChI=1S/C22H26N2O2/c1-16-10-11-19(14-17(16)2)22(26)20-8-5-13-24(20)21(25)9-3-6-18-7-4-12-23-15-18/h4,7,10-12,14-15,20H,3,5-6,8-9,13H2,1-2H3. The van der Waals surface area contributed by atoms with Crippen LogP contribution in [0.25, 0.3) is 0 Å². The Balaban J connectivity index is 1.60. The number of hydrogen-bond acceptors (Lipinski definition) is 3. The lowest BCUT2D eigenvalue weighted by Gasteiger charge is -2.24. The van der Waals surface area contributed by atoms with Crippen molar-refractivity contribution < 1.29 is 9.59 Å². The first kappa shape index (κ1) is 18.3. The number of aryl methyl sites for hydroxylation is 3. The summed E-state index contributed by atoms with van der Waals surface area (Å²) in [5, 5.41) is 0. The maximum absolute atomic E-state index is 12.9. The first-order valence-corrected chi connectivity index (χ1v) is 9.36. The van der Waals surface area contributed by atoms with E-state index in [4.69, 9.17) is 0 Å². The van der Waals surface area contributed by atoms with Gasteiger partial charge in [-0.15, -0.1) is 0 Å². The van der Waals surface area contributed by atoms with Crippen molar-refractivity contribution in [1.82, 2.24) is 9.88 Å². The normalized spacial score (nSPS) is 16.7. The van der Waals surface area contributed by atoms with E-state index in [0.717, 1.165) is 36.8 Å². The van der Waals surface area contributed by atoms with Gasteiger partial charge in [0.25, 0.3) is 0 Å². The molecule has 1 unspecified atom stereocenters. The van der Waals surface area contributed by atoms with E-state index in [9.17, 15) is 9.59 Å². The zero-order chi connectivity index (χ0) is 18.5. The van der Waals surface area contributed by atoms with E-state index >= 15 is 0 Å². The summed E-state index contributed by atoms with van der Waals surface area (Å²) >= 11 is 0. The van der Waals surface area contributed by atoms with Gasteiger partial charge in [-0.2, -0.15) is 0 Å². The van der Waals surface area contributed by atoms with Crippen molar-refractivity contribution in [3.8, 4) is 0 Å². The predicted octanol–water partition coefficient (Wildman–Crippen LogP) is 3.90. The molecule has 1 fully saturated rings. The van der Waals surface area contributed by atoms with E-state index in [1.165, 1.54) is 5.56 Å². The molecule has 0 saturated carbocycles. The van der Waals surface area contributed by atoms with Crippen LogP contribution >= 0.6 is 0 Å². The molecule has 4 heteroatoms. The lowest BCUT2D eigenvalue weighted by molar-refractivity contribution is -0.131. The number of carbonyl (C=O) groups excluding carboxylic acids is 2. The lowest BCUT2D eigenvalue weighted by atomic mass is 9.98. The minimum absolute atomic E-state index is 0.0752. The molecular formula is C22H26N2O2. The summed E-state index contributed by atoms with van der Waals surface area (Å²) in [6.45, 7) is 4.74. The number of rotatable bonds is 6. The van der Waals surface area contributed by atoms with Crippen LogP contribution in [0.1, 0.15) is 52.7 Å². The fourth-order valence-corrected chi connectivity index (χ4v) is 3.56. The van der Waals surface area contributed by atoms with Gasteiger partial charge in [-0.3, -0.25) is 14.6 Å². The third-order valence-electron chi connectivity index (χ3n) is 5.25. The zero-order valence-electron chi connectivity index (χ0n) is 15.6. The Morgan fingerprint density at radius 2 is 2.04 bits per heavy atom. The van der Waals surface area contributed by atoms with Crippen molar-refractivity contribution in [1.29, 1.82) is 0 Å². The van der Waals surface area contributed by atoms with E-state index in [2.05, 4.69) is 4.98 Å². The molecule has 136 valence electrons. The summed E-state index contributed by atoms with van der Waals surface area (Å²) in [7, 11) is 0. The second-order valence-electron chi connectivity index (χ2n) is 7.12. The number of Topliss-reactive ketones (excluding diaryl/α,β-unsaturated/α-hetero) is 1. The Morgan fingerprint density at radius 3 is 2.77 bits per heavy atom. The molecule has 26 heavy (non-hydrogen) atoms. The molecule has 0 radical (unpaired) electrons. The monoisotopic (exact) mass is 350 g/mol. The third-order valence-corrected chi connectivity index (χ3v) is 5.25. The van der Waals surface area contributed by atoms with Gasteiger partial charge in [0.2, 0.25) is 5.91 Å². The number of carbonyl (C=O) groups is 2. The number of amides is 1. The highest BCUT2D eigenvalue weighted by Crippen LogP contribution is 2.23. The van der Waals surface area contributed by atoms with Gasteiger partial charge in [-0.05, 0) is 68.4 Å². The quantitative estimate of drug-likeness (QED) is 0.743. The summed E-state index contributed by atoms with van der Waals surface area (Å²) < 4.78 is 0. The molecule has 1 aromatic carbocycles. The van der Waals surface area contributed by atoms with Gasteiger partial charge in [0.1, 0.15) is 0 Å². The van der Waals surface area contributed by atoms with Crippen molar-refractivity contribution in [2.45, 2.75) is 52.0 Å². The molecular weight excluding hydrogens is 324 g/mol. The zero-order valence-corrected chi connectivity index (χ0v) is 15.6. The van der Waals surface area contributed by atoms with Crippen LogP contribution in [-0.4, -0.2) is 34.2 Å². The average molecular weight is 350 g/mol. The molecule has 1 aliphatic rings. The van der Waals surface area contributed by atoms with Crippen molar-refractivity contribution in [2.24, 2.45) is 0 Å². The Hall–Kier alpha value is -2.49. The van der Waals surface area contributed by atoms with Gasteiger partial charge >= 0.3 is 0 Å². The fourth-order valence-electron chi connectivity index (χ4n) is 3.56. The molecule has 1 saturated heterocycles. The summed E-state index contributed by atoms with van der Waals surface area (Å²) in [5.41, 5.74) is 4.15. The molecule has 1 aliphatic heterocycles. The van der Waals surface area contributed by atoms with Gasteiger partial charge in [0.15, 0.2) is 5.78 Å². The predicted molar refractivity (Wildman–Crippen MR) is 102 cm³/mol. The SMILES string of the molecule is Cc1ccc(C(=O)C2CCCN2C(=O)CCCc2cccnc2)cc1C. The van der Waals surface area contributed by atoms with Crippen molar-refractivity contribution in [3.63, 3.8) is 0 Å². The highest BCUT2D eigenvalue weighted by Gasteiger charge is 2.34. The summed E-state index contributed by atoms with van der Waals surface area (Å²) in [4.78, 5) is 31.5. The molecule has 1 amide bonds. The van der Waals surface area contributed by atoms with E-state index < -0.39 is 0 Å². The second kappa shape index (κ2) is 8.26. The maximum atomic E-state index is 12.9. The van der Waals surface area contributed by atoms with Crippen molar-refractivity contribution >= 4 is 11.7 Å². The summed E-state index contributed by atoms with van der Waals surface area (Å²) in [6, 6.07) is 9.45. The van der Waals surface area contributed by atoms with Crippen LogP contribution < -0.4 is 0 Å². The highest BCUT2D eigenvalue weighted by atomic mass is 16.2. The number of likely N-dealkylation sites (tertiary alicyclic amines) is 1. The molecule has 1 atom stereocenters. The van der Waals surface area contributed by atoms with Gasteiger partial charge in [-0.1, -0.05) is 18.2 Å². The Morgan fingerprint density at radius 1 is 1.19 bits per heavy atom. The minimum atomic E-state index is -0.303. The first-order chi connectivity index (χ1) is 12.6. The van der Waals surface area contributed by atoms with E-state index in [1.807, 2.05) is 50.4 Å². The highest BCUT2D eigenvalue weighted by molar-refractivity contribution is 6.02. The summed E-state index contributed by atoms with van der Waals surface area (Å²) in [5.74, 6) is 0.166. The molecule has 2 heterocycles. The summed E-state index contributed by atoms with van der Waals surface area (Å²) in [6.07, 6.45) is 7.35. The Kier molecular flexibility index (Phi) is 5.82. The third kappa shape index (κ3) is 4.18. The van der Waals surface area contributed by atoms with Gasteiger partial charge in [0, 0.05) is 30.9 Å². The molecule has 0 aliphatic carbocycles. The molecule has 2 aromatic rings. The number of nitrogens with zero attached hydrogens (tertiary/aromatic N) is 2. The molecule has 0 spiro atoms. The number of aromatic nitrogens is 1. The average Bonchev–Trinajstić information content (AvgIpc) is 3.14. The van der Waals surface area contributed by atoms with Crippen LogP contribution in [0.5, 0.6) is 0 Å². The Bertz CT molecular complexity index is 786. The number of pyridine rings is 1. The van der Waals surface area contributed by atoms with E-state index in [-0.39, 0.29) is 17.7 Å². The van der Waals surface area contributed by atoms with Crippen molar-refractivity contribution in [2.75, 3.05) is 6.54 Å². The van der Waals surface area contributed by atoms with Crippen LogP contribution in [-0.2, 0) is 11.2 Å². The van der Waals surface area contributed by atoms with Crippen molar-refractivity contribution in [3.05, 3.63) is 65.0 Å². The minimum Gasteiger partial charge on any atom is -0.332 e. The first-order valence-electron chi connectivity index (χ1n) is 9.36. The van der Waals surface area contributed by atoms with Crippen LogP contribution in [0.15, 0.2) is 42.7 Å². The second-order valence-corrected chi connectivity index (χ2v) is 7.12. The number of ketones is 1. The number of hydrogen-bond donors (Lipinski definition) is 0. The Labute approximate surface area is 155 Å².